The Morgan fingerprint density at radius 2 is 0.382 bits per heavy atom. The number of fused-ring (bicyclic) bond motifs is 8. The fraction of sp³-hybridized carbons (Fsp3) is 0.312. The van der Waals surface area contributed by atoms with Gasteiger partial charge in [0.05, 0.1) is 0 Å². The zero-order chi connectivity index (χ0) is 51.3. The predicted octanol–water partition coefficient (Wildman–Crippen LogP) is 15.1. The van der Waals surface area contributed by atoms with Crippen LogP contribution in [0.4, 0.5) is 92.0 Å². The van der Waals surface area contributed by atoms with Crippen LogP contribution >= 0.6 is 0 Å². The lowest BCUT2D eigenvalue weighted by Crippen LogP contribution is -2.25. The number of anilines is 16. The maximum absolute atomic E-state index is 5.88. The Labute approximate surface area is 448 Å². The van der Waals surface area contributed by atoms with Crippen molar-refractivity contribution in [3.63, 3.8) is 0 Å². The van der Waals surface area contributed by atoms with Gasteiger partial charge in [-0.3, -0.25) is 19.6 Å². The summed E-state index contributed by atoms with van der Waals surface area (Å²) < 4.78 is 0. The molecule has 4 aromatic heterocycles. The molecule has 8 bridgehead atoms. The van der Waals surface area contributed by atoms with Crippen LogP contribution in [-0.2, 0) is 0 Å². The Bertz CT molecular complexity index is 2810. The van der Waals surface area contributed by atoms with E-state index in [1.807, 2.05) is 0 Å². The summed E-state index contributed by atoms with van der Waals surface area (Å²) in [5.41, 5.74) is 13.1. The first-order valence-electron chi connectivity index (χ1n) is 27.8. The van der Waals surface area contributed by atoms with Crippen molar-refractivity contribution in [2.45, 2.75) is 79.1 Å². The van der Waals surface area contributed by atoms with Crippen molar-refractivity contribution in [1.29, 1.82) is 0 Å². The van der Waals surface area contributed by atoms with Crippen molar-refractivity contribution in [3.8, 4) is 0 Å². The van der Waals surface area contributed by atoms with Crippen molar-refractivity contribution in [1.82, 2.24) is 19.9 Å². The maximum atomic E-state index is 5.88. The van der Waals surface area contributed by atoms with Crippen molar-refractivity contribution in [2.24, 2.45) is 0 Å². The molecule has 4 aromatic carbocycles. The van der Waals surface area contributed by atoms with Gasteiger partial charge in [0.25, 0.3) is 0 Å². The monoisotopic (exact) mass is 1000 g/mol. The van der Waals surface area contributed by atoms with Crippen LogP contribution in [0.5, 0.6) is 0 Å². The molecule has 4 fully saturated rings. The number of pyridine rings is 4. The second-order valence-corrected chi connectivity index (χ2v) is 21.6. The van der Waals surface area contributed by atoms with Crippen LogP contribution in [0.3, 0.4) is 0 Å². The molecule has 5 aliphatic rings. The molecule has 0 unspecified atom stereocenters. The Morgan fingerprint density at radius 3 is 0.539 bits per heavy atom. The van der Waals surface area contributed by atoms with Crippen molar-refractivity contribution in [3.05, 3.63) is 168 Å². The Balaban J connectivity index is 1.18. The van der Waals surface area contributed by atoms with E-state index in [2.05, 4.69) is 212 Å². The van der Waals surface area contributed by atoms with E-state index >= 15 is 0 Å². The molecule has 384 valence electrons. The van der Waals surface area contributed by atoms with Crippen LogP contribution in [0.2, 0.25) is 0 Å². The van der Waals surface area contributed by atoms with Crippen molar-refractivity contribution >= 4 is 92.0 Å². The molecule has 5 aliphatic heterocycles. The van der Waals surface area contributed by atoms with Crippen LogP contribution in [0.1, 0.15) is 73.6 Å². The van der Waals surface area contributed by atoms with Gasteiger partial charge in [-0.05, 0) is 128 Å². The second-order valence-electron chi connectivity index (χ2n) is 21.6. The summed E-state index contributed by atoms with van der Waals surface area (Å²) in [7, 11) is 0. The summed E-state index contributed by atoms with van der Waals surface area (Å²) in [5, 5.41) is 0. The van der Waals surface area contributed by atoms with Gasteiger partial charge in [-0.1, -0.05) is 70.8 Å². The van der Waals surface area contributed by atoms with E-state index in [0.717, 1.165) is 196 Å². The Morgan fingerprint density at radius 1 is 0.224 bits per heavy atom. The predicted molar refractivity (Wildman–Crippen MR) is 315 cm³/mol. The average Bonchev–Trinajstić information content (AvgIpc) is 4.34. The highest BCUT2D eigenvalue weighted by molar-refractivity contribution is 5.87. The number of nitrogens with zero attached hydrogens (tertiary/aromatic N) is 12. The summed E-state index contributed by atoms with van der Waals surface area (Å²) in [5.74, 6) is 6.22. The fourth-order valence-corrected chi connectivity index (χ4v) is 11.8. The van der Waals surface area contributed by atoms with Gasteiger partial charge in [0, 0.05) is 146 Å². The van der Waals surface area contributed by atoms with E-state index in [1.54, 1.807) is 0 Å². The number of hydrogen-bond donors (Lipinski definition) is 0. The molecule has 0 aliphatic carbocycles. The van der Waals surface area contributed by atoms with Crippen LogP contribution in [0, 0.1) is 27.7 Å². The van der Waals surface area contributed by atoms with Gasteiger partial charge >= 0.3 is 0 Å². The molecular weight excluding hydrogens is 937 g/mol. The van der Waals surface area contributed by atoms with Crippen molar-refractivity contribution in [2.75, 3.05) is 91.6 Å². The standard InChI is InChI=1S/C64H68N12/c1-45-13-21-49(22-14-45)73-57-37-53(69-29-5-6-30-69)39-59(65-57)74(50-23-15-46(2)16-24-50)61-41-55(71-33-9-10-34-71)43-63(67-61)76(52-27-19-48(4)20-28-52)64-44-56(72-35-11-12-36-72)42-62(68-64)75(51-25-17-47(3)18-26-51)60-40-54(38-58(73)66-60)70-31-7-8-32-70/h13-28,37-44H,5-12,29-36H2,1-4H3. The molecule has 0 saturated carbocycles. The average molecular weight is 1010 g/mol. The van der Waals surface area contributed by atoms with Crippen LogP contribution in [-0.4, -0.2) is 72.3 Å². The maximum Gasteiger partial charge on any atom is 0.143 e. The molecule has 76 heavy (non-hydrogen) atoms. The van der Waals surface area contributed by atoms with Crippen LogP contribution < -0.4 is 39.2 Å². The lowest BCUT2D eigenvalue weighted by Gasteiger charge is -2.34. The van der Waals surface area contributed by atoms with Crippen LogP contribution in [0.15, 0.2) is 146 Å². The molecule has 9 heterocycles. The Kier molecular flexibility index (Phi) is 12.6. The molecule has 12 nitrogen and oxygen atoms in total. The van der Waals surface area contributed by atoms with Gasteiger partial charge in [0.1, 0.15) is 46.5 Å². The van der Waals surface area contributed by atoms with Gasteiger partial charge < -0.3 is 19.6 Å². The number of rotatable bonds is 8. The molecule has 0 amide bonds. The molecule has 8 aromatic rings. The normalized spacial score (nSPS) is 16.7. The van der Waals surface area contributed by atoms with E-state index in [1.165, 1.54) is 22.3 Å². The minimum absolute atomic E-state index is 0.778. The number of benzene rings is 4. The number of aromatic nitrogens is 4. The van der Waals surface area contributed by atoms with E-state index in [9.17, 15) is 0 Å². The molecule has 0 spiro atoms. The summed E-state index contributed by atoms with van der Waals surface area (Å²) in [6.07, 6.45) is 9.11. The quantitative estimate of drug-likeness (QED) is 0.145. The van der Waals surface area contributed by atoms with E-state index < -0.39 is 0 Å². The van der Waals surface area contributed by atoms with Gasteiger partial charge in [-0.2, -0.15) is 0 Å². The van der Waals surface area contributed by atoms with Crippen LogP contribution in [0.25, 0.3) is 0 Å². The molecule has 12 heteroatoms. The first kappa shape index (κ1) is 47.6. The third kappa shape index (κ3) is 9.39. The highest BCUT2D eigenvalue weighted by Gasteiger charge is 2.31. The Hall–Kier alpha value is -8.12. The number of aryl methyl sites for hydroxylation is 4. The minimum atomic E-state index is 0.778. The topological polar surface area (TPSA) is 77.5 Å². The molecule has 0 radical (unpaired) electrons. The highest BCUT2D eigenvalue weighted by atomic mass is 15.4. The summed E-state index contributed by atoms with van der Waals surface area (Å²) >= 11 is 0. The third-order valence-electron chi connectivity index (χ3n) is 16.0. The minimum Gasteiger partial charge on any atom is -0.371 e. The lowest BCUT2D eigenvalue weighted by atomic mass is 10.1. The molecule has 4 saturated heterocycles. The third-order valence-corrected chi connectivity index (χ3v) is 16.0. The summed E-state index contributed by atoms with van der Waals surface area (Å²) in [6, 6.07) is 53.7. The van der Waals surface area contributed by atoms with Gasteiger partial charge in [-0.15, -0.1) is 0 Å². The van der Waals surface area contributed by atoms with Gasteiger partial charge in [0.2, 0.25) is 0 Å². The smallest absolute Gasteiger partial charge is 0.143 e. The van der Waals surface area contributed by atoms with E-state index in [0.29, 0.717) is 0 Å². The summed E-state index contributed by atoms with van der Waals surface area (Å²) in [6.45, 7) is 16.4. The van der Waals surface area contributed by atoms with Gasteiger partial charge in [0.15, 0.2) is 0 Å². The van der Waals surface area contributed by atoms with Gasteiger partial charge in [-0.25, -0.2) is 19.9 Å². The van der Waals surface area contributed by atoms with Crippen molar-refractivity contribution < 1.29 is 0 Å². The SMILES string of the molecule is Cc1ccc(N2c3cc(N4CCCC4)cc(n3)N(c3ccc(C)cc3)c3cc(N4CCCC4)cc(n3)N(c3ccc(C)cc3)c3cc(N4CCCC4)cc(n3)N(c3ccc(C)cc3)c3cc(N4CCCC4)cc2n3)cc1. The molecule has 13 rings (SSSR count). The number of hydrogen-bond acceptors (Lipinski definition) is 12. The van der Waals surface area contributed by atoms with E-state index in [4.69, 9.17) is 19.9 Å². The molecule has 0 N–H and O–H groups in total. The largest absolute Gasteiger partial charge is 0.371 e. The summed E-state index contributed by atoms with van der Waals surface area (Å²) in [4.78, 5) is 42.8. The molecular formula is C64H68N12. The highest BCUT2D eigenvalue weighted by Crippen LogP contribution is 2.48. The fourth-order valence-electron chi connectivity index (χ4n) is 11.8. The first-order chi connectivity index (χ1) is 37.2. The zero-order valence-electron chi connectivity index (χ0n) is 44.5. The zero-order valence-corrected chi connectivity index (χ0v) is 44.5. The first-order valence-corrected chi connectivity index (χ1v) is 27.8. The lowest BCUT2D eigenvalue weighted by molar-refractivity contribution is 0.949. The second kappa shape index (κ2) is 20.2. The van der Waals surface area contributed by atoms with E-state index in [-0.39, 0.29) is 0 Å². The molecule has 0 atom stereocenters.